The molecule has 0 aromatic carbocycles. The first kappa shape index (κ1) is 10.8. The number of fused-ring (bicyclic) bond motifs is 1. The minimum atomic E-state index is 0.328. The Morgan fingerprint density at radius 1 is 1.06 bits per heavy atom. The van der Waals surface area contributed by atoms with Crippen molar-refractivity contribution in [2.75, 3.05) is 11.5 Å². The molecule has 0 aliphatic heterocycles. The van der Waals surface area contributed by atoms with Gasteiger partial charge in [0, 0.05) is 6.20 Å². The molecule has 0 amide bonds. The topological polar surface area (TPSA) is 95.1 Å². The number of rotatable bonds is 2. The van der Waals surface area contributed by atoms with E-state index in [1.807, 2.05) is 28.8 Å². The second kappa shape index (κ2) is 4.19. The van der Waals surface area contributed by atoms with E-state index in [1.165, 1.54) is 11.8 Å². The molecule has 0 aliphatic carbocycles. The normalized spacial score (nSPS) is 10.9. The number of hydrogen-bond acceptors (Lipinski definition) is 6. The molecule has 0 saturated heterocycles. The van der Waals surface area contributed by atoms with Gasteiger partial charge in [0.25, 0.3) is 0 Å². The van der Waals surface area contributed by atoms with Gasteiger partial charge < -0.3 is 11.5 Å². The first-order valence-electron chi connectivity index (χ1n) is 5.23. The molecule has 0 unspecified atom stereocenters. The molecule has 0 radical (unpaired) electrons. The number of hydrogen-bond donors (Lipinski definition) is 2. The summed E-state index contributed by atoms with van der Waals surface area (Å²) in [7, 11) is 0. The molecule has 7 heteroatoms. The summed E-state index contributed by atoms with van der Waals surface area (Å²) in [5, 5.41) is 9.64. The monoisotopic (exact) mass is 258 g/mol. The summed E-state index contributed by atoms with van der Waals surface area (Å²) in [6.45, 7) is 0. The maximum absolute atomic E-state index is 5.67. The van der Waals surface area contributed by atoms with Crippen molar-refractivity contribution in [3.63, 3.8) is 0 Å². The zero-order chi connectivity index (χ0) is 12.5. The molecule has 0 bridgehead atoms. The summed E-state index contributed by atoms with van der Waals surface area (Å²) < 4.78 is 1.89. The van der Waals surface area contributed by atoms with Gasteiger partial charge in [-0.2, -0.15) is 0 Å². The van der Waals surface area contributed by atoms with Crippen LogP contribution in [0.3, 0.4) is 0 Å². The summed E-state index contributed by atoms with van der Waals surface area (Å²) in [4.78, 5) is 4.19. The third-order valence-corrected chi connectivity index (χ3v) is 3.31. The highest BCUT2D eigenvalue weighted by molar-refractivity contribution is 7.99. The molecule has 6 nitrogen and oxygen atoms in total. The van der Waals surface area contributed by atoms with E-state index in [1.54, 1.807) is 12.1 Å². The molecule has 3 rings (SSSR count). The van der Waals surface area contributed by atoms with Gasteiger partial charge in [-0.1, -0.05) is 6.07 Å². The quantitative estimate of drug-likeness (QED) is 0.722. The molecule has 0 saturated carbocycles. The van der Waals surface area contributed by atoms with Crippen molar-refractivity contribution in [1.82, 2.24) is 19.6 Å². The minimum absolute atomic E-state index is 0.328. The highest BCUT2D eigenvalue weighted by atomic mass is 32.2. The van der Waals surface area contributed by atoms with Crippen molar-refractivity contribution in [2.45, 2.75) is 10.2 Å². The van der Waals surface area contributed by atoms with E-state index >= 15 is 0 Å². The van der Waals surface area contributed by atoms with E-state index in [0.717, 1.165) is 15.8 Å². The second-order valence-electron chi connectivity index (χ2n) is 3.64. The maximum atomic E-state index is 5.67. The van der Waals surface area contributed by atoms with Crippen molar-refractivity contribution in [3.8, 4) is 0 Å². The summed E-state index contributed by atoms with van der Waals surface area (Å²) in [6.07, 6.45) is 1.90. The van der Waals surface area contributed by atoms with Gasteiger partial charge in [0.1, 0.15) is 10.8 Å². The smallest absolute Gasteiger partial charge is 0.201 e. The summed E-state index contributed by atoms with van der Waals surface area (Å²) >= 11 is 1.39. The van der Waals surface area contributed by atoms with E-state index < -0.39 is 0 Å². The van der Waals surface area contributed by atoms with Gasteiger partial charge in [0.05, 0.1) is 5.69 Å². The maximum Gasteiger partial charge on any atom is 0.201 e. The molecule has 4 N–H and O–H groups in total. The van der Waals surface area contributed by atoms with Gasteiger partial charge in [-0.15, -0.1) is 10.2 Å². The minimum Gasteiger partial charge on any atom is -0.396 e. The van der Waals surface area contributed by atoms with Gasteiger partial charge in [-0.3, -0.25) is 4.40 Å². The van der Waals surface area contributed by atoms with Crippen molar-refractivity contribution in [2.24, 2.45) is 0 Å². The molecule has 3 aromatic heterocycles. The number of nitrogen functional groups attached to an aromatic ring is 2. The standard InChI is InChI=1S/C11H10N6S/c12-7-4-5-9(14-10(7)13)18-11-16-15-8-3-1-2-6-17(8)11/h1-6H,12H2,(H2,13,14). The highest BCUT2D eigenvalue weighted by Gasteiger charge is 2.08. The number of pyridine rings is 2. The largest absolute Gasteiger partial charge is 0.396 e. The summed E-state index contributed by atoms with van der Waals surface area (Å²) in [5.74, 6) is 0.328. The Hall–Kier alpha value is -2.28. The molecule has 0 atom stereocenters. The Morgan fingerprint density at radius 2 is 1.94 bits per heavy atom. The zero-order valence-corrected chi connectivity index (χ0v) is 10.1. The fourth-order valence-electron chi connectivity index (χ4n) is 1.51. The van der Waals surface area contributed by atoms with Crippen LogP contribution in [0, 0.1) is 0 Å². The van der Waals surface area contributed by atoms with Crippen LogP contribution in [0.1, 0.15) is 0 Å². The third kappa shape index (κ3) is 1.84. The lowest BCUT2D eigenvalue weighted by Gasteiger charge is -2.02. The molecule has 0 fully saturated rings. The van der Waals surface area contributed by atoms with Gasteiger partial charge in [-0.25, -0.2) is 4.98 Å². The predicted molar refractivity (Wildman–Crippen MR) is 70.2 cm³/mol. The SMILES string of the molecule is Nc1ccc(Sc2nnc3ccccn23)nc1N. The van der Waals surface area contributed by atoms with Crippen LogP contribution in [-0.2, 0) is 0 Å². The van der Waals surface area contributed by atoms with E-state index in [9.17, 15) is 0 Å². The van der Waals surface area contributed by atoms with Gasteiger partial charge in [0.2, 0.25) is 5.16 Å². The highest BCUT2D eigenvalue weighted by Crippen LogP contribution is 2.26. The molecule has 0 aliphatic rings. The third-order valence-electron chi connectivity index (χ3n) is 2.41. The van der Waals surface area contributed by atoms with Crippen LogP contribution in [-0.4, -0.2) is 19.6 Å². The average Bonchev–Trinajstić information content (AvgIpc) is 2.78. The van der Waals surface area contributed by atoms with Crippen molar-refractivity contribution >= 4 is 28.9 Å². The summed E-state index contributed by atoms with van der Waals surface area (Å²) in [6, 6.07) is 9.26. The fraction of sp³-hybridized carbons (Fsp3) is 0. The van der Waals surface area contributed by atoms with E-state index in [-0.39, 0.29) is 0 Å². The van der Waals surface area contributed by atoms with Crippen LogP contribution in [0.2, 0.25) is 0 Å². The number of aromatic nitrogens is 4. The molecule has 0 spiro atoms. The first-order chi connectivity index (χ1) is 8.74. The Labute approximate surface area is 107 Å². The van der Waals surface area contributed by atoms with E-state index in [4.69, 9.17) is 11.5 Å². The Bertz CT molecular complexity index is 708. The Morgan fingerprint density at radius 3 is 2.78 bits per heavy atom. The van der Waals surface area contributed by atoms with Crippen LogP contribution in [0.5, 0.6) is 0 Å². The number of nitrogens with two attached hydrogens (primary N) is 2. The van der Waals surface area contributed by atoms with Gasteiger partial charge >= 0.3 is 0 Å². The molecule has 3 heterocycles. The average molecular weight is 258 g/mol. The zero-order valence-electron chi connectivity index (χ0n) is 9.32. The van der Waals surface area contributed by atoms with Gasteiger partial charge in [0.15, 0.2) is 5.65 Å². The lowest BCUT2D eigenvalue weighted by atomic mass is 10.4. The molecule has 3 aromatic rings. The van der Waals surface area contributed by atoms with E-state index in [0.29, 0.717) is 11.5 Å². The van der Waals surface area contributed by atoms with Crippen LogP contribution in [0.15, 0.2) is 46.7 Å². The number of nitrogens with zero attached hydrogens (tertiary/aromatic N) is 4. The van der Waals surface area contributed by atoms with Crippen molar-refractivity contribution < 1.29 is 0 Å². The lowest BCUT2D eigenvalue weighted by Crippen LogP contribution is -1.98. The Balaban J connectivity index is 1.98. The first-order valence-corrected chi connectivity index (χ1v) is 6.05. The van der Waals surface area contributed by atoms with Crippen LogP contribution < -0.4 is 11.5 Å². The lowest BCUT2D eigenvalue weighted by molar-refractivity contribution is 0.917. The van der Waals surface area contributed by atoms with E-state index in [2.05, 4.69) is 15.2 Å². The molecular weight excluding hydrogens is 248 g/mol. The van der Waals surface area contributed by atoms with Crippen LogP contribution >= 0.6 is 11.8 Å². The number of anilines is 2. The Kier molecular flexibility index (Phi) is 2.52. The van der Waals surface area contributed by atoms with Crippen LogP contribution in [0.4, 0.5) is 11.5 Å². The fourth-order valence-corrected chi connectivity index (χ4v) is 2.31. The predicted octanol–water partition coefficient (Wildman–Crippen LogP) is 1.44. The summed E-state index contributed by atoms with van der Waals surface area (Å²) in [5.41, 5.74) is 12.6. The second-order valence-corrected chi connectivity index (χ2v) is 4.62. The molecule has 18 heavy (non-hydrogen) atoms. The molecule has 90 valence electrons. The molecular formula is C11H10N6S. The van der Waals surface area contributed by atoms with Crippen LogP contribution in [0.25, 0.3) is 5.65 Å². The van der Waals surface area contributed by atoms with Crippen molar-refractivity contribution in [3.05, 3.63) is 36.5 Å². The van der Waals surface area contributed by atoms with Gasteiger partial charge in [-0.05, 0) is 36.0 Å². The van der Waals surface area contributed by atoms with Crippen molar-refractivity contribution in [1.29, 1.82) is 0 Å².